The van der Waals surface area contributed by atoms with Crippen LogP contribution in [0.3, 0.4) is 0 Å². The second-order valence-electron chi connectivity index (χ2n) is 8.21. The molecule has 35 heavy (non-hydrogen) atoms. The van der Waals surface area contributed by atoms with Gasteiger partial charge in [0, 0.05) is 32.2 Å². The number of amides is 2. The molecule has 0 radical (unpaired) electrons. The van der Waals surface area contributed by atoms with Crippen LogP contribution < -0.4 is 9.62 Å². The standard InChI is InChI=1S/C24H32ClFN4O4S/c1-5-6-15-27-24(32)18(2)29(16-19-9-7-8-10-22(19)25)23(31)17-30(35(33,34)28(3)4)21-13-11-20(26)12-14-21/h7-14,18H,5-6,15-17H2,1-4H3,(H,27,32)/t18-/m0/s1. The normalized spacial score (nSPS) is 12.3. The molecular weight excluding hydrogens is 495 g/mol. The van der Waals surface area contributed by atoms with E-state index in [0.29, 0.717) is 17.1 Å². The third kappa shape index (κ3) is 7.65. The highest BCUT2D eigenvalue weighted by atomic mass is 35.5. The highest BCUT2D eigenvalue weighted by Crippen LogP contribution is 2.23. The Hall–Kier alpha value is -2.69. The molecule has 2 aromatic carbocycles. The fraction of sp³-hybridized carbons (Fsp3) is 0.417. The van der Waals surface area contributed by atoms with Crippen LogP contribution in [-0.4, -0.2) is 62.7 Å². The number of anilines is 1. The summed E-state index contributed by atoms with van der Waals surface area (Å²) in [5, 5.41) is 3.23. The number of nitrogens with one attached hydrogen (secondary N) is 1. The Labute approximate surface area is 211 Å². The number of unbranched alkanes of at least 4 members (excludes halogenated alkanes) is 1. The van der Waals surface area contributed by atoms with Gasteiger partial charge >= 0.3 is 10.2 Å². The summed E-state index contributed by atoms with van der Waals surface area (Å²) in [7, 11) is -1.44. The first-order valence-electron chi connectivity index (χ1n) is 11.2. The Kier molecular flexibility index (Phi) is 10.5. The number of hydrogen-bond acceptors (Lipinski definition) is 4. The van der Waals surface area contributed by atoms with E-state index in [-0.39, 0.29) is 18.1 Å². The number of benzene rings is 2. The molecular formula is C24H32ClFN4O4S. The van der Waals surface area contributed by atoms with Crippen molar-refractivity contribution in [1.82, 2.24) is 14.5 Å². The van der Waals surface area contributed by atoms with E-state index in [1.807, 2.05) is 6.92 Å². The first-order valence-corrected chi connectivity index (χ1v) is 13.0. The SMILES string of the molecule is CCCCNC(=O)[C@H](C)N(Cc1ccccc1Cl)C(=O)CN(c1ccc(F)cc1)S(=O)(=O)N(C)C. The van der Waals surface area contributed by atoms with Crippen molar-refractivity contribution in [2.45, 2.75) is 39.3 Å². The Morgan fingerprint density at radius 1 is 1.09 bits per heavy atom. The van der Waals surface area contributed by atoms with Crippen LogP contribution in [0.2, 0.25) is 5.02 Å². The number of carbonyl (C=O) groups excluding carboxylic acids is 2. The first kappa shape index (κ1) is 28.5. The van der Waals surface area contributed by atoms with E-state index in [2.05, 4.69) is 5.32 Å². The minimum absolute atomic E-state index is 0.000140. The maximum atomic E-state index is 13.6. The minimum atomic E-state index is -4.11. The Morgan fingerprint density at radius 2 is 1.71 bits per heavy atom. The molecule has 0 heterocycles. The molecule has 192 valence electrons. The second-order valence-corrected chi connectivity index (χ2v) is 10.7. The maximum Gasteiger partial charge on any atom is 0.304 e. The molecule has 0 fully saturated rings. The van der Waals surface area contributed by atoms with Gasteiger partial charge in [0.25, 0.3) is 0 Å². The van der Waals surface area contributed by atoms with Crippen LogP contribution in [0.5, 0.6) is 0 Å². The summed E-state index contributed by atoms with van der Waals surface area (Å²) in [6.45, 7) is 3.45. The first-order chi connectivity index (χ1) is 16.5. The zero-order valence-corrected chi connectivity index (χ0v) is 21.9. The van der Waals surface area contributed by atoms with Gasteiger partial charge in [0.15, 0.2) is 0 Å². The van der Waals surface area contributed by atoms with Crippen molar-refractivity contribution in [3.63, 3.8) is 0 Å². The fourth-order valence-electron chi connectivity index (χ4n) is 3.25. The third-order valence-corrected chi connectivity index (χ3v) is 7.62. The van der Waals surface area contributed by atoms with Crippen molar-refractivity contribution in [2.75, 3.05) is 31.5 Å². The van der Waals surface area contributed by atoms with Crippen LogP contribution in [0.15, 0.2) is 48.5 Å². The molecule has 0 aliphatic heterocycles. The number of nitrogens with zero attached hydrogens (tertiary/aromatic N) is 3. The van der Waals surface area contributed by atoms with Crippen molar-refractivity contribution in [2.24, 2.45) is 0 Å². The van der Waals surface area contributed by atoms with Gasteiger partial charge in [-0.25, -0.2) is 8.70 Å². The molecule has 8 nitrogen and oxygen atoms in total. The average Bonchev–Trinajstić information content (AvgIpc) is 2.82. The topological polar surface area (TPSA) is 90.0 Å². The van der Waals surface area contributed by atoms with Crippen molar-refractivity contribution in [3.05, 3.63) is 64.9 Å². The van der Waals surface area contributed by atoms with Gasteiger partial charge in [-0.2, -0.15) is 12.7 Å². The average molecular weight is 527 g/mol. The van der Waals surface area contributed by atoms with Gasteiger partial charge in [-0.05, 0) is 49.2 Å². The molecule has 0 saturated heterocycles. The number of halogens is 2. The largest absolute Gasteiger partial charge is 0.354 e. The van der Waals surface area contributed by atoms with Crippen LogP contribution in [0.1, 0.15) is 32.3 Å². The molecule has 0 saturated carbocycles. The number of hydrogen-bond donors (Lipinski definition) is 1. The third-order valence-electron chi connectivity index (χ3n) is 5.43. The lowest BCUT2D eigenvalue weighted by Crippen LogP contribution is -2.52. The van der Waals surface area contributed by atoms with Gasteiger partial charge < -0.3 is 10.2 Å². The van der Waals surface area contributed by atoms with Crippen LogP contribution in [0.4, 0.5) is 10.1 Å². The second kappa shape index (κ2) is 12.9. The summed E-state index contributed by atoms with van der Waals surface area (Å²) < 4.78 is 41.4. The zero-order valence-electron chi connectivity index (χ0n) is 20.4. The molecule has 0 unspecified atom stereocenters. The van der Waals surface area contributed by atoms with E-state index in [0.717, 1.165) is 33.6 Å². The lowest BCUT2D eigenvalue weighted by molar-refractivity contribution is -0.139. The Morgan fingerprint density at radius 3 is 2.29 bits per heavy atom. The van der Waals surface area contributed by atoms with Gasteiger partial charge in [-0.3, -0.25) is 9.59 Å². The fourth-order valence-corrected chi connectivity index (χ4v) is 4.50. The summed E-state index contributed by atoms with van der Waals surface area (Å²) in [4.78, 5) is 27.7. The van der Waals surface area contributed by atoms with Crippen molar-refractivity contribution in [3.8, 4) is 0 Å². The van der Waals surface area contributed by atoms with Crippen LogP contribution in [0.25, 0.3) is 0 Å². The highest BCUT2D eigenvalue weighted by molar-refractivity contribution is 7.90. The minimum Gasteiger partial charge on any atom is -0.354 e. The summed E-state index contributed by atoms with van der Waals surface area (Å²) in [6.07, 6.45) is 1.68. The Bertz CT molecular complexity index is 1110. The maximum absolute atomic E-state index is 13.6. The molecule has 1 atom stereocenters. The van der Waals surface area contributed by atoms with E-state index in [4.69, 9.17) is 11.6 Å². The summed E-state index contributed by atoms with van der Waals surface area (Å²) in [5.74, 6) is -1.51. The van der Waals surface area contributed by atoms with Crippen molar-refractivity contribution < 1.29 is 22.4 Å². The molecule has 1 N–H and O–H groups in total. The molecule has 0 bridgehead atoms. The predicted octanol–water partition coefficient (Wildman–Crippen LogP) is 3.43. The van der Waals surface area contributed by atoms with Gasteiger partial charge in [0.05, 0.1) is 5.69 Å². The molecule has 0 spiro atoms. The summed E-state index contributed by atoms with van der Waals surface area (Å²) in [6, 6.07) is 10.8. The highest BCUT2D eigenvalue weighted by Gasteiger charge is 2.32. The molecule has 0 aromatic heterocycles. The zero-order chi connectivity index (χ0) is 26.2. The molecule has 11 heteroatoms. The summed E-state index contributed by atoms with van der Waals surface area (Å²) >= 11 is 6.30. The summed E-state index contributed by atoms with van der Waals surface area (Å²) in [5.41, 5.74) is 0.728. The van der Waals surface area contributed by atoms with Crippen LogP contribution in [-0.2, 0) is 26.3 Å². The molecule has 2 aromatic rings. The monoisotopic (exact) mass is 526 g/mol. The van der Waals surface area contributed by atoms with Crippen molar-refractivity contribution in [1.29, 1.82) is 0 Å². The van der Waals surface area contributed by atoms with Gasteiger partial charge in [-0.1, -0.05) is 43.1 Å². The van der Waals surface area contributed by atoms with E-state index < -0.39 is 34.5 Å². The Balaban J connectivity index is 2.42. The lowest BCUT2D eigenvalue weighted by atomic mass is 10.1. The number of carbonyl (C=O) groups is 2. The van der Waals surface area contributed by atoms with Crippen molar-refractivity contribution >= 4 is 39.3 Å². The molecule has 2 rings (SSSR count). The van der Waals surface area contributed by atoms with E-state index in [9.17, 15) is 22.4 Å². The van der Waals surface area contributed by atoms with Gasteiger partial charge in [-0.15, -0.1) is 0 Å². The van der Waals surface area contributed by atoms with Crippen LogP contribution in [0, 0.1) is 5.82 Å². The number of rotatable bonds is 12. The molecule has 0 aliphatic rings. The lowest BCUT2D eigenvalue weighted by Gasteiger charge is -2.33. The molecule has 2 amide bonds. The van der Waals surface area contributed by atoms with Gasteiger partial charge in [0.1, 0.15) is 18.4 Å². The molecule has 0 aliphatic carbocycles. The van der Waals surface area contributed by atoms with Gasteiger partial charge in [0.2, 0.25) is 11.8 Å². The van der Waals surface area contributed by atoms with E-state index >= 15 is 0 Å². The van der Waals surface area contributed by atoms with Crippen LogP contribution >= 0.6 is 11.6 Å². The van der Waals surface area contributed by atoms with E-state index in [1.165, 1.54) is 31.1 Å². The quantitative estimate of drug-likeness (QED) is 0.429. The smallest absolute Gasteiger partial charge is 0.304 e. The predicted molar refractivity (Wildman–Crippen MR) is 136 cm³/mol. The van der Waals surface area contributed by atoms with E-state index in [1.54, 1.807) is 31.2 Å².